The summed E-state index contributed by atoms with van der Waals surface area (Å²) >= 11 is 0. The maximum atomic E-state index is 11.6. The molecular weight excluding hydrogens is 176 g/mol. The molecule has 0 aromatic rings. The summed E-state index contributed by atoms with van der Waals surface area (Å²) in [5.41, 5.74) is 0.196. The minimum absolute atomic E-state index is 0.0126. The van der Waals surface area contributed by atoms with Crippen molar-refractivity contribution in [2.45, 2.75) is 59.5 Å². The van der Waals surface area contributed by atoms with E-state index < -0.39 is 0 Å². The van der Waals surface area contributed by atoms with Crippen molar-refractivity contribution in [2.24, 2.45) is 11.3 Å². The number of unbranched alkanes of at least 4 members (excludes halogenated alkanes) is 1. The maximum absolute atomic E-state index is 11.6. The van der Waals surface area contributed by atoms with E-state index in [1.807, 2.05) is 6.92 Å². The smallest absolute Gasteiger partial charge is 0.309 e. The highest BCUT2D eigenvalue weighted by molar-refractivity contribution is 5.76. The normalized spacial score (nSPS) is 25.6. The molecular formula is C12H22O2. The molecule has 0 heterocycles. The topological polar surface area (TPSA) is 26.3 Å². The first-order valence-electron chi connectivity index (χ1n) is 5.68. The highest BCUT2D eigenvalue weighted by Gasteiger charge is 2.51. The zero-order valence-corrected chi connectivity index (χ0v) is 9.80. The highest BCUT2D eigenvalue weighted by atomic mass is 16.5. The molecule has 0 saturated heterocycles. The number of rotatable bonds is 5. The largest absolute Gasteiger partial charge is 0.462 e. The Kier molecular flexibility index (Phi) is 3.57. The van der Waals surface area contributed by atoms with Gasteiger partial charge in [-0.1, -0.05) is 33.6 Å². The molecule has 1 saturated carbocycles. The van der Waals surface area contributed by atoms with E-state index in [9.17, 15) is 4.79 Å². The van der Waals surface area contributed by atoms with Gasteiger partial charge in [-0.2, -0.15) is 0 Å². The first-order valence-corrected chi connectivity index (χ1v) is 5.68. The number of carbonyl (C=O) groups excluding carboxylic acids is 1. The molecule has 14 heavy (non-hydrogen) atoms. The lowest BCUT2D eigenvalue weighted by Gasteiger charge is -2.13. The van der Waals surface area contributed by atoms with Gasteiger partial charge in [0.1, 0.15) is 0 Å². The van der Waals surface area contributed by atoms with Crippen molar-refractivity contribution < 1.29 is 9.53 Å². The van der Waals surface area contributed by atoms with E-state index in [0.717, 1.165) is 25.7 Å². The van der Waals surface area contributed by atoms with Crippen LogP contribution in [0.25, 0.3) is 0 Å². The fraction of sp³-hybridized carbons (Fsp3) is 0.917. The standard InChI is InChI=1S/C12H22O2/c1-5-6-7-9(2)14-11(13)10-8-12(10,3)4/h9-10H,5-8H2,1-4H3/t9-,10-/m0/s1. The number of carbonyl (C=O) groups is 1. The third kappa shape index (κ3) is 3.00. The molecule has 1 aliphatic rings. The van der Waals surface area contributed by atoms with Gasteiger partial charge >= 0.3 is 5.97 Å². The molecule has 2 nitrogen and oxygen atoms in total. The summed E-state index contributed by atoms with van der Waals surface area (Å²) in [5.74, 6) is 0.171. The first-order chi connectivity index (χ1) is 6.47. The van der Waals surface area contributed by atoms with Crippen LogP contribution in [0.1, 0.15) is 53.4 Å². The van der Waals surface area contributed by atoms with Gasteiger partial charge in [0.05, 0.1) is 12.0 Å². The van der Waals surface area contributed by atoms with Crippen LogP contribution < -0.4 is 0 Å². The Morgan fingerprint density at radius 3 is 2.57 bits per heavy atom. The van der Waals surface area contributed by atoms with Gasteiger partial charge in [0.25, 0.3) is 0 Å². The lowest BCUT2D eigenvalue weighted by Crippen LogP contribution is -2.18. The van der Waals surface area contributed by atoms with E-state index in [2.05, 4.69) is 20.8 Å². The second-order valence-corrected chi connectivity index (χ2v) is 5.14. The van der Waals surface area contributed by atoms with Gasteiger partial charge in [-0.05, 0) is 25.2 Å². The summed E-state index contributed by atoms with van der Waals surface area (Å²) in [5, 5.41) is 0. The number of hydrogen-bond acceptors (Lipinski definition) is 2. The van der Waals surface area contributed by atoms with E-state index in [-0.39, 0.29) is 23.4 Å². The average molecular weight is 198 g/mol. The molecule has 0 unspecified atom stereocenters. The molecule has 0 N–H and O–H groups in total. The Hall–Kier alpha value is -0.530. The maximum Gasteiger partial charge on any atom is 0.309 e. The van der Waals surface area contributed by atoms with Crippen molar-refractivity contribution in [2.75, 3.05) is 0 Å². The number of esters is 1. The molecule has 2 heteroatoms. The van der Waals surface area contributed by atoms with Gasteiger partial charge in [0.15, 0.2) is 0 Å². The quantitative estimate of drug-likeness (QED) is 0.634. The van der Waals surface area contributed by atoms with Crippen molar-refractivity contribution in [1.29, 1.82) is 0 Å². The Morgan fingerprint density at radius 1 is 1.57 bits per heavy atom. The molecule has 0 aromatic heterocycles. The van der Waals surface area contributed by atoms with Crippen LogP contribution in [0, 0.1) is 11.3 Å². The number of hydrogen-bond donors (Lipinski definition) is 0. The molecule has 1 aliphatic carbocycles. The SMILES string of the molecule is CCCC[C@H](C)OC(=O)[C@@H]1CC1(C)C. The van der Waals surface area contributed by atoms with Gasteiger partial charge in [-0.25, -0.2) is 0 Å². The van der Waals surface area contributed by atoms with E-state index >= 15 is 0 Å². The molecule has 0 spiro atoms. The van der Waals surface area contributed by atoms with Gasteiger partial charge in [0.2, 0.25) is 0 Å². The Balaban J connectivity index is 2.21. The average Bonchev–Trinajstić information content (AvgIpc) is 2.72. The lowest BCUT2D eigenvalue weighted by atomic mass is 10.1. The van der Waals surface area contributed by atoms with Crippen LogP contribution in [0.2, 0.25) is 0 Å². The molecule has 0 radical (unpaired) electrons. The van der Waals surface area contributed by atoms with Gasteiger partial charge < -0.3 is 4.74 Å². The molecule has 1 fully saturated rings. The molecule has 1 rings (SSSR count). The van der Waals surface area contributed by atoms with Crippen LogP contribution >= 0.6 is 0 Å². The third-order valence-corrected chi connectivity index (χ3v) is 3.08. The van der Waals surface area contributed by atoms with Gasteiger partial charge in [-0.15, -0.1) is 0 Å². The summed E-state index contributed by atoms with van der Waals surface area (Å²) in [6.45, 7) is 8.38. The second kappa shape index (κ2) is 4.33. The minimum atomic E-state index is 0.0126. The summed E-state index contributed by atoms with van der Waals surface area (Å²) in [6, 6.07) is 0. The van der Waals surface area contributed by atoms with Crippen molar-refractivity contribution in [3.05, 3.63) is 0 Å². The fourth-order valence-corrected chi connectivity index (χ4v) is 1.70. The summed E-state index contributed by atoms with van der Waals surface area (Å²) < 4.78 is 5.37. The molecule has 2 atom stereocenters. The van der Waals surface area contributed by atoms with Crippen LogP contribution in [0.5, 0.6) is 0 Å². The molecule has 0 bridgehead atoms. The Labute approximate surface area is 87.0 Å². The van der Waals surface area contributed by atoms with Crippen LogP contribution in [-0.2, 0) is 9.53 Å². The van der Waals surface area contributed by atoms with Crippen LogP contribution in [-0.4, -0.2) is 12.1 Å². The third-order valence-electron chi connectivity index (χ3n) is 3.08. The zero-order valence-electron chi connectivity index (χ0n) is 9.80. The number of ether oxygens (including phenoxy) is 1. The second-order valence-electron chi connectivity index (χ2n) is 5.14. The predicted octanol–water partition coefficient (Wildman–Crippen LogP) is 3.15. The van der Waals surface area contributed by atoms with Crippen LogP contribution in [0.3, 0.4) is 0 Å². The minimum Gasteiger partial charge on any atom is -0.462 e. The zero-order chi connectivity index (χ0) is 10.8. The summed E-state index contributed by atoms with van der Waals surface area (Å²) in [4.78, 5) is 11.6. The molecule has 0 amide bonds. The highest BCUT2D eigenvalue weighted by Crippen LogP contribution is 2.52. The van der Waals surface area contributed by atoms with E-state index in [1.54, 1.807) is 0 Å². The van der Waals surface area contributed by atoms with E-state index in [4.69, 9.17) is 4.74 Å². The summed E-state index contributed by atoms with van der Waals surface area (Å²) in [7, 11) is 0. The van der Waals surface area contributed by atoms with Gasteiger partial charge in [0, 0.05) is 0 Å². The first kappa shape index (κ1) is 11.5. The van der Waals surface area contributed by atoms with Crippen molar-refractivity contribution >= 4 is 5.97 Å². The molecule has 82 valence electrons. The molecule has 0 aliphatic heterocycles. The van der Waals surface area contributed by atoms with Crippen molar-refractivity contribution in [3.8, 4) is 0 Å². The van der Waals surface area contributed by atoms with E-state index in [0.29, 0.717) is 0 Å². The van der Waals surface area contributed by atoms with Crippen molar-refractivity contribution in [1.82, 2.24) is 0 Å². The van der Waals surface area contributed by atoms with Crippen LogP contribution in [0.4, 0.5) is 0 Å². The van der Waals surface area contributed by atoms with E-state index in [1.165, 1.54) is 0 Å². The lowest BCUT2D eigenvalue weighted by molar-refractivity contribution is -0.151. The monoisotopic (exact) mass is 198 g/mol. The Bertz CT molecular complexity index is 208. The fourth-order valence-electron chi connectivity index (χ4n) is 1.70. The van der Waals surface area contributed by atoms with Crippen LogP contribution in [0.15, 0.2) is 0 Å². The molecule has 0 aromatic carbocycles. The summed E-state index contributed by atoms with van der Waals surface area (Å²) in [6.07, 6.45) is 4.39. The Morgan fingerprint density at radius 2 is 2.14 bits per heavy atom. The predicted molar refractivity (Wildman–Crippen MR) is 57.0 cm³/mol. The van der Waals surface area contributed by atoms with Gasteiger partial charge in [-0.3, -0.25) is 4.79 Å². The van der Waals surface area contributed by atoms with Crippen molar-refractivity contribution in [3.63, 3.8) is 0 Å².